The molecule has 0 amide bonds. The predicted octanol–water partition coefficient (Wildman–Crippen LogP) is 28.8. The van der Waals surface area contributed by atoms with Crippen LogP contribution in [-0.4, -0.2) is 11.3 Å². The van der Waals surface area contributed by atoms with Crippen LogP contribution in [0.4, 0.5) is 68.2 Å². The minimum absolute atomic E-state index is 0.0306. The Morgan fingerprint density at radius 1 is 0.205 bits per heavy atom. The lowest BCUT2D eigenvalue weighted by molar-refractivity contribution is 0.568. The Labute approximate surface area is 674 Å². The van der Waals surface area contributed by atoms with Crippen molar-refractivity contribution in [3.63, 3.8) is 0 Å². The van der Waals surface area contributed by atoms with Crippen LogP contribution in [0.2, 0.25) is 0 Å². The number of hydrogen-bond donors (Lipinski definition) is 0. The summed E-state index contributed by atoms with van der Waals surface area (Å²) < 4.78 is 2.62. The van der Waals surface area contributed by atoms with Crippen molar-refractivity contribution in [2.24, 2.45) is 0 Å². The molecule has 0 bridgehead atoms. The second kappa shape index (κ2) is 27.1. The van der Waals surface area contributed by atoms with E-state index >= 15 is 0 Å². The molecule has 0 saturated heterocycles. The van der Waals surface area contributed by atoms with Gasteiger partial charge in [-0.15, -0.1) is 0 Å². The molecule has 11 aromatic carbocycles. The molecule has 0 unspecified atom stereocenters. The molecule has 0 radical (unpaired) electrons. The molecule has 112 heavy (non-hydrogen) atoms. The summed E-state index contributed by atoms with van der Waals surface area (Å²) in [6.07, 6.45) is 0. The van der Waals surface area contributed by atoms with Gasteiger partial charge in [-0.1, -0.05) is 293 Å². The molecule has 5 nitrogen and oxygen atoms in total. The second-order valence-electron chi connectivity index (χ2n) is 43.2. The number of anilines is 12. The fourth-order valence-electron chi connectivity index (χ4n) is 16.7. The molecule has 14 rings (SSSR count). The number of rotatable bonds is 9. The van der Waals surface area contributed by atoms with Crippen LogP contribution in [0.15, 0.2) is 218 Å². The van der Waals surface area contributed by atoms with Crippen molar-refractivity contribution in [1.29, 1.82) is 0 Å². The first kappa shape index (κ1) is 79.1. The smallest absolute Gasteiger partial charge is 0.252 e. The van der Waals surface area contributed by atoms with Crippen LogP contribution in [0.1, 0.15) is 263 Å². The maximum atomic E-state index is 2.71. The van der Waals surface area contributed by atoms with Gasteiger partial charge in [0.25, 0.3) is 6.71 Å². The predicted molar refractivity (Wildman–Crippen MR) is 491 cm³/mol. The van der Waals surface area contributed by atoms with E-state index in [-0.39, 0.29) is 60.9 Å². The quantitative estimate of drug-likeness (QED) is 0.134. The molecular formula is C106H126BN5. The highest BCUT2D eigenvalue weighted by Crippen LogP contribution is 2.53. The molecule has 3 heterocycles. The maximum absolute atomic E-state index is 2.71. The number of benzene rings is 11. The van der Waals surface area contributed by atoms with Crippen molar-refractivity contribution in [2.45, 2.75) is 262 Å². The summed E-state index contributed by atoms with van der Waals surface area (Å²) in [6, 6.07) is 87.4. The number of nitrogens with zero attached hydrogens (tertiary/aromatic N) is 5. The molecule has 0 saturated carbocycles. The van der Waals surface area contributed by atoms with Crippen LogP contribution < -0.4 is 36.0 Å². The first-order chi connectivity index (χ1) is 51.8. The molecule has 6 heteroatoms. The minimum Gasteiger partial charge on any atom is -0.311 e. The van der Waals surface area contributed by atoms with Gasteiger partial charge in [-0.3, -0.25) is 0 Å². The topological polar surface area (TPSA) is 17.9 Å². The molecule has 0 fully saturated rings. The van der Waals surface area contributed by atoms with Crippen LogP contribution >= 0.6 is 0 Å². The molecule has 1 aromatic heterocycles. The molecule has 2 aliphatic rings. The van der Waals surface area contributed by atoms with E-state index in [0.717, 1.165) is 73.9 Å². The number of fused-ring (bicyclic) bond motifs is 7. The Balaban J connectivity index is 1.18. The maximum Gasteiger partial charge on any atom is 0.252 e. The van der Waals surface area contributed by atoms with Gasteiger partial charge in [0.2, 0.25) is 0 Å². The molecular weight excluding hydrogens is 1350 g/mol. The summed E-state index contributed by atoms with van der Waals surface area (Å²) in [7, 11) is 0. The van der Waals surface area contributed by atoms with E-state index in [9.17, 15) is 0 Å². The average molecular weight is 1480 g/mol. The number of hydrogen-bond acceptors (Lipinski definition) is 4. The zero-order valence-corrected chi connectivity index (χ0v) is 73.6. The average Bonchev–Trinajstić information content (AvgIpc) is 0.878. The van der Waals surface area contributed by atoms with Gasteiger partial charge in [-0.2, -0.15) is 0 Å². The van der Waals surface area contributed by atoms with E-state index in [4.69, 9.17) is 0 Å². The SMILES string of the molecule is CC(C)(C)c1ccc(N(c2ccc(C(C)(C)C)cc2)c2ccc3c(c2)N(c2cc(C(C)(C)C)cc(C(C)(C)C)c2)c2cc(-n4c5ccc(C(C)(C)C)cc5c5cc(C(C)(C)C)ccc54)cc4c2B3c2ccc(N(c3ccc(C(C)(C)C)cc3)c3ccc(C(C)(C)C)cc3)cc2N4c2cc(C(C)(C)C)cc(C(C)(C)C)c2)cc1. The van der Waals surface area contributed by atoms with Gasteiger partial charge in [0.1, 0.15) is 0 Å². The lowest BCUT2D eigenvalue weighted by Crippen LogP contribution is -2.61. The fraction of sp³-hybridized carbons (Fsp3) is 0.377. The summed E-state index contributed by atoms with van der Waals surface area (Å²) in [5, 5.41) is 2.52. The van der Waals surface area contributed by atoms with Gasteiger partial charge in [-0.05, 0) is 260 Å². The van der Waals surface area contributed by atoms with Gasteiger partial charge < -0.3 is 24.2 Å². The Kier molecular flexibility index (Phi) is 19.1. The third-order valence-corrected chi connectivity index (χ3v) is 24.1. The van der Waals surface area contributed by atoms with Gasteiger partial charge in [-0.25, -0.2) is 0 Å². The Morgan fingerprint density at radius 3 is 0.696 bits per heavy atom. The molecule has 0 spiro atoms. The third kappa shape index (κ3) is 14.9. The van der Waals surface area contributed by atoms with E-state index in [0.29, 0.717) is 0 Å². The molecule has 12 aromatic rings. The Hall–Kier alpha value is -9.52. The van der Waals surface area contributed by atoms with E-state index < -0.39 is 0 Å². The first-order valence-corrected chi connectivity index (χ1v) is 41.3. The summed E-state index contributed by atoms with van der Waals surface area (Å²) in [4.78, 5) is 10.4. The van der Waals surface area contributed by atoms with Crippen molar-refractivity contribution in [3.8, 4) is 5.69 Å². The standard InChI is InChI=1S/C106H126BN5/c1-97(2,3)67-31-41-77(42-32-67)108(78-43-33-68(34-44-78)98(4,5)6)81-49-51-88-92(63-81)111(83-57-73(103(19,20)21)55-74(58-83)104(22,23)24)94-65-85(110-90-53-39-71(101(13,14)15)61-86(90)87-62-72(102(16,17)18)40-54-91(87)110)66-95-96(94)107(88)89-52-50-82(64-93(89)112(95)84-59-75(105(25,26)27)56-76(60-84)106(28,29)30)109(79-45-35-69(36-46-79)99(7,8)9)80-47-37-70(38-48-80)100(10,11)12/h31-66H,1-30H3. The highest BCUT2D eigenvalue weighted by atomic mass is 15.2. The minimum atomic E-state index is -0.238. The Bertz CT molecular complexity index is 5070. The van der Waals surface area contributed by atoms with Crippen molar-refractivity contribution in [2.75, 3.05) is 19.6 Å². The monoisotopic (exact) mass is 1480 g/mol. The van der Waals surface area contributed by atoms with Crippen molar-refractivity contribution < 1.29 is 0 Å². The van der Waals surface area contributed by atoms with Gasteiger partial charge in [0, 0.05) is 79.0 Å². The zero-order chi connectivity index (χ0) is 81.2. The van der Waals surface area contributed by atoms with E-state index in [1.807, 2.05) is 0 Å². The highest BCUT2D eigenvalue weighted by molar-refractivity contribution is 7.00. The van der Waals surface area contributed by atoms with Crippen LogP contribution in [-0.2, 0) is 54.1 Å². The summed E-state index contributed by atoms with van der Waals surface area (Å²) >= 11 is 0. The third-order valence-electron chi connectivity index (χ3n) is 24.1. The lowest BCUT2D eigenvalue weighted by atomic mass is 9.33. The van der Waals surface area contributed by atoms with Crippen molar-refractivity contribution >= 4 is 113 Å². The zero-order valence-electron chi connectivity index (χ0n) is 73.6. The molecule has 0 N–H and O–H groups in total. The molecule has 578 valence electrons. The van der Waals surface area contributed by atoms with Crippen LogP contribution in [0.3, 0.4) is 0 Å². The van der Waals surface area contributed by atoms with Gasteiger partial charge >= 0.3 is 0 Å². The highest BCUT2D eigenvalue weighted by Gasteiger charge is 2.46. The molecule has 0 atom stereocenters. The lowest BCUT2D eigenvalue weighted by Gasteiger charge is -2.45. The second-order valence-corrected chi connectivity index (χ2v) is 43.2. The molecule has 0 aliphatic carbocycles. The van der Waals surface area contributed by atoms with E-state index in [1.165, 1.54) is 93.8 Å². The Morgan fingerprint density at radius 2 is 0.446 bits per heavy atom. The van der Waals surface area contributed by atoms with E-state index in [2.05, 4.69) is 450 Å². The number of aromatic nitrogens is 1. The van der Waals surface area contributed by atoms with Crippen molar-refractivity contribution in [3.05, 3.63) is 274 Å². The molecule has 2 aliphatic heterocycles. The van der Waals surface area contributed by atoms with E-state index in [1.54, 1.807) is 0 Å². The van der Waals surface area contributed by atoms with Gasteiger partial charge in [0.15, 0.2) is 0 Å². The van der Waals surface area contributed by atoms with Crippen LogP contribution in [0, 0.1) is 0 Å². The summed E-state index contributed by atoms with van der Waals surface area (Å²) in [6.45, 7) is 70.2. The van der Waals surface area contributed by atoms with Gasteiger partial charge in [0.05, 0.1) is 16.7 Å². The fourth-order valence-corrected chi connectivity index (χ4v) is 16.7. The van der Waals surface area contributed by atoms with Crippen LogP contribution in [0.5, 0.6) is 0 Å². The largest absolute Gasteiger partial charge is 0.311 e. The van der Waals surface area contributed by atoms with Crippen LogP contribution in [0.25, 0.3) is 27.5 Å². The summed E-state index contributed by atoms with van der Waals surface area (Å²) in [5.41, 5.74) is 32.6. The summed E-state index contributed by atoms with van der Waals surface area (Å²) in [5.74, 6) is 0. The normalized spacial score (nSPS) is 13.9. The van der Waals surface area contributed by atoms with Crippen molar-refractivity contribution in [1.82, 2.24) is 4.57 Å². The first-order valence-electron chi connectivity index (χ1n) is 41.3.